The molecule has 0 N–H and O–H groups in total. The van der Waals surface area contributed by atoms with Gasteiger partial charge in [-0.2, -0.15) is 0 Å². The van der Waals surface area contributed by atoms with Crippen molar-refractivity contribution in [3.8, 4) is 0 Å². The maximum Gasteiger partial charge on any atom is 0.335 e. The van der Waals surface area contributed by atoms with Gasteiger partial charge in [0.1, 0.15) is 0 Å². The summed E-state index contributed by atoms with van der Waals surface area (Å²) >= 11 is 0. The largest absolute Gasteiger partial charge is 0.464 e. The predicted octanol–water partition coefficient (Wildman–Crippen LogP) is 3.61. The average molecular weight is 272 g/mol. The van der Waals surface area contributed by atoms with E-state index in [1.54, 1.807) is 0 Å². The minimum absolute atomic E-state index is 0.160. The van der Waals surface area contributed by atoms with Crippen LogP contribution >= 0.6 is 0 Å². The molecule has 0 radical (unpaired) electrons. The standard InChI is InChI=1S/C14H28O3Si/c1-7-16-13(15)12-11(9-8-10-17-12)18(5,6)14(2,3)4/h11-12H,7-10H2,1-6H3. The normalized spacial score (nSPS) is 25.9. The molecule has 0 saturated carbocycles. The van der Waals surface area contributed by atoms with E-state index in [4.69, 9.17) is 9.47 Å². The fourth-order valence-corrected chi connectivity index (χ4v) is 5.56. The lowest BCUT2D eigenvalue weighted by atomic mass is 10.1. The van der Waals surface area contributed by atoms with Gasteiger partial charge in [0.05, 0.1) is 14.7 Å². The molecule has 2 atom stereocenters. The van der Waals surface area contributed by atoms with Crippen LogP contribution in [0.2, 0.25) is 23.7 Å². The van der Waals surface area contributed by atoms with Gasteiger partial charge >= 0.3 is 5.97 Å². The molecule has 0 bridgehead atoms. The van der Waals surface area contributed by atoms with E-state index in [1.165, 1.54) is 0 Å². The summed E-state index contributed by atoms with van der Waals surface area (Å²) < 4.78 is 10.9. The number of hydrogen-bond acceptors (Lipinski definition) is 3. The Morgan fingerprint density at radius 2 is 2.00 bits per heavy atom. The van der Waals surface area contributed by atoms with E-state index in [-0.39, 0.29) is 17.1 Å². The van der Waals surface area contributed by atoms with E-state index < -0.39 is 8.07 Å². The smallest absolute Gasteiger partial charge is 0.335 e. The van der Waals surface area contributed by atoms with Gasteiger partial charge in [-0.25, -0.2) is 4.79 Å². The van der Waals surface area contributed by atoms with Crippen molar-refractivity contribution in [1.82, 2.24) is 0 Å². The van der Waals surface area contributed by atoms with Crippen molar-refractivity contribution >= 4 is 14.0 Å². The van der Waals surface area contributed by atoms with Gasteiger partial charge < -0.3 is 9.47 Å². The molecule has 1 fully saturated rings. The lowest BCUT2D eigenvalue weighted by Crippen LogP contribution is -2.51. The molecule has 106 valence electrons. The summed E-state index contributed by atoms with van der Waals surface area (Å²) in [5.74, 6) is -0.160. The third kappa shape index (κ3) is 3.15. The lowest BCUT2D eigenvalue weighted by molar-refractivity contribution is -0.159. The summed E-state index contributed by atoms with van der Waals surface area (Å²) in [4.78, 5) is 12.1. The summed E-state index contributed by atoms with van der Waals surface area (Å²) in [5.41, 5.74) is 0.366. The Labute approximate surface area is 112 Å². The molecule has 1 aliphatic rings. The van der Waals surface area contributed by atoms with Crippen molar-refractivity contribution in [3.63, 3.8) is 0 Å². The molecule has 0 aromatic carbocycles. The minimum atomic E-state index is -1.58. The molecule has 18 heavy (non-hydrogen) atoms. The van der Waals surface area contributed by atoms with E-state index in [2.05, 4.69) is 33.9 Å². The molecular weight excluding hydrogens is 244 g/mol. The van der Waals surface area contributed by atoms with Crippen molar-refractivity contribution in [2.45, 2.75) is 70.3 Å². The lowest BCUT2D eigenvalue weighted by Gasteiger charge is -2.47. The van der Waals surface area contributed by atoms with E-state index in [1.807, 2.05) is 6.92 Å². The topological polar surface area (TPSA) is 35.5 Å². The monoisotopic (exact) mass is 272 g/mol. The van der Waals surface area contributed by atoms with Crippen LogP contribution in [0.3, 0.4) is 0 Å². The van der Waals surface area contributed by atoms with Crippen LogP contribution in [0.4, 0.5) is 0 Å². The first-order valence-electron chi connectivity index (χ1n) is 7.00. The van der Waals surface area contributed by atoms with Crippen LogP contribution in [0, 0.1) is 0 Å². The van der Waals surface area contributed by atoms with E-state index in [9.17, 15) is 4.79 Å². The molecule has 0 aromatic rings. The number of carbonyl (C=O) groups is 1. The molecule has 1 saturated heterocycles. The van der Waals surface area contributed by atoms with Crippen molar-refractivity contribution in [2.75, 3.05) is 13.2 Å². The first-order chi connectivity index (χ1) is 8.21. The van der Waals surface area contributed by atoms with Crippen LogP contribution < -0.4 is 0 Å². The Balaban J connectivity index is 2.92. The maximum atomic E-state index is 12.1. The Hall–Kier alpha value is -0.353. The first-order valence-corrected chi connectivity index (χ1v) is 10.1. The van der Waals surface area contributed by atoms with Gasteiger partial charge in [0.25, 0.3) is 0 Å². The number of rotatable bonds is 3. The fraction of sp³-hybridized carbons (Fsp3) is 0.929. The number of esters is 1. The average Bonchev–Trinajstić information content (AvgIpc) is 2.28. The van der Waals surface area contributed by atoms with Crippen LogP contribution in [-0.2, 0) is 14.3 Å². The molecular formula is C14H28O3Si. The van der Waals surface area contributed by atoms with Gasteiger partial charge in [0.2, 0.25) is 0 Å². The van der Waals surface area contributed by atoms with Crippen LogP contribution in [0.1, 0.15) is 40.5 Å². The van der Waals surface area contributed by atoms with Crippen LogP contribution in [0.15, 0.2) is 0 Å². The van der Waals surface area contributed by atoms with Gasteiger partial charge in [-0.05, 0) is 30.3 Å². The summed E-state index contributed by atoms with van der Waals surface area (Å²) in [7, 11) is -1.58. The molecule has 1 aliphatic heterocycles. The molecule has 0 spiro atoms. The van der Waals surface area contributed by atoms with Crippen molar-refractivity contribution in [1.29, 1.82) is 0 Å². The molecule has 1 heterocycles. The Kier molecular flexibility index (Phi) is 5.01. The highest BCUT2D eigenvalue weighted by molar-refractivity contribution is 6.81. The van der Waals surface area contributed by atoms with Gasteiger partial charge in [-0.15, -0.1) is 0 Å². The highest BCUT2D eigenvalue weighted by Gasteiger charge is 2.49. The first kappa shape index (κ1) is 15.7. The zero-order valence-electron chi connectivity index (χ0n) is 12.7. The highest BCUT2D eigenvalue weighted by atomic mass is 28.3. The Bertz CT molecular complexity index is 294. The van der Waals surface area contributed by atoms with E-state index in [0.29, 0.717) is 18.8 Å². The maximum absolute atomic E-state index is 12.1. The Morgan fingerprint density at radius 1 is 1.39 bits per heavy atom. The summed E-state index contributed by atoms with van der Waals surface area (Å²) in [5, 5.41) is 0.267. The molecule has 4 heteroatoms. The molecule has 1 rings (SSSR count). The quantitative estimate of drug-likeness (QED) is 0.581. The zero-order chi connectivity index (χ0) is 14.0. The number of hydrogen-bond donors (Lipinski definition) is 0. The van der Waals surface area contributed by atoms with Crippen molar-refractivity contribution in [2.24, 2.45) is 0 Å². The SMILES string of the molecule is CCOC(=O)C1OCCCC1[Si](C)(C)C(C)(C)C. The van der Waals surface area contributed by atoms with Crippen LogP contribution in [-0.4, -0.2) is 33.4 Å². The third-order valence-corrected chi connectivity index (χ3v) is 11.0. The van der Waals surface area contributed by atoms with Gasteiger partial charge in [0, 0.05) is 6.61 Å². The molecule has 0 aromatic heterocycles. The minimum Gasteiger partial charge on any atom is -0.464 e. The second-order valence-corrected chi connectivity index (χ2v) is 12.4. The second kappa shape index (κ2) is 5.74. The predicted molar refractivity (Wildman–Crippen MR) is 76.6 cm³/mol. The number of carbonyl (C=O) groups excluding carboxylic acids is 1. The third-order valence-electron chi connectivity index (χ3n) is 4.70. The Morgan fingerprint density at radius 3 is 2.50 bits per heavy atom. The molecule has 0 amide bonds. The highest BCUT2D eigenvalue weighted by Crippen LogP contribution is 2.48. The van der Waals surface area contributed by atoms with E-state index in [0.717, 1.165) is 12.8 Å². The fourth-order valence-electron chi connectivity index (χ4n) is 2.53. The second-order valence-electron chi connectivity index (χ2n) is 6.76. The molecule has 2 unspecified atom stereocenters. The number of ether oxygens (including phenoxy) is 2. The summed E-state index contributed by atoms with van der Waals surface area (Å²) in [6.45, 7) is 14.6. The molecule has 0 aliphatic carbocycles. The zero-order valence-corrected chi connectivity index (χ0v) is 13.7. The van der Waals surface area contributed by atoms with Gasteiger partial charge in [-0.1, -0.05) is 33.9 Å². The summed E-state index contributed by atoms with van der Waals surface area (Å²) in [6.07, 6.45) is 1.83. The van der Waals surface area contributed by atoms with Crippen molar-refractivity contribution in [3.05, 3.63) is 0 Å². The van der Waals surface area contributed by atoms with Crippen LogP contribution in [0.5, 0.6) is 0 Å². The van der Waals surface area contributed by atoms with Gasteiger partial charge in [-0.3, -0.25) is 0 Å². The van der Waals surface area contributed by atoms with Crippen molar-refractivity contribution < 1.29 is 14.3 Å². The molecule has 3 nitrogen and oxygen atoms in total. The van der Waals surface area contributed by atoms with Gasteiger partial charge in [0.15, 0.2) is 6.10 Å². The summed E-state index contributed by atoms with van der Waals surface area (Å²) in [6, 6.07) is 0. The van der Waals surface area contributed by atoms with Crippen LogP contribution in [0.25, 0.3) is 0 Å². The van der Waals surface area contributed by atoms with E-state index >= 15 is 0 Å².